The standard InChI is InChI=1S/C22H22BrClFN5O2S/c1-12(2)19(27-21(32)14-6-4-5-7-15(14)24)20-28-29-22(30(20)3)33-11-18(31)26-17-9-8-13(23)10-16(17)25/h4-10,12,19H,11H2,1-3H3,(H,26,31)(H,27,32)/t19-/m1/s1. The lowest BCUT2D eigenvalue weighted by atomic mass is 10.0. The fourth-order valence-electron chi connectivity index (χ4n) is 3.02. The quantitative estimate of drug-likeness (QED) is 0.372. The van der Waals surface area contributed by atoms with E-state index in [2.05, 4.69) is 36.8 Å². The van der Waals surface area contributed by atoms with Gasteiger partial charge in [0.1, 0.15) is 5.82 Å². The molecule has 0 unspecified atom stereocenters. The molecule has 0 spiro atoms. The van der Waals surface area contributed by atoms with Crippen LogP contribution in [0.15, 0.2) is 52.1 Å². The number of hydrogen-bond donors (Lipinski definition) is 2. The highest BCUT2D eigenvalue weighted by Crippen LogP contribution is 2.26. The molecule has 11 heteroatoms. The zero-order chi connectivity index (χ0) is 24.1. The second-order valence-corrected chi connectivity index (χ2v) is 9.80. The summed E-state index contributed by atoms with van der Waals surface area (Å²) >= 11 is 10.5. The van der Waals surface area contributed by atoms with Crippen molar-refractivity contribution in [2.75, 3.05) is 11.1 Å². The van der Waals surface area contributed by atoms with Gasteiger partial charge in [-0.3, -0.25) is 9.59 Å². The molecule has 1 aromatic heterocycles. The lowest BCUT2D eigenvalue weighted by Crippen LogP contribution is -2.33. The molecule has 1 atom stereocenters. The first-order valence-corrected chi connectivity index (χ1v) is 12.2. The molecule has 0 aliphatic heterocycles. The Balaban J connectivity index is 1.68. The lowest BCUT2D eigenvalue weighted by Gasteiger charge is -2.22. The molecule has 0 saturated heterocycles. The summed E-state index contributed by atoms with van der Waals surface area (Å²) < 4.78 is 16.3. The van der Waals surface area contributed by atoms with E-state index in [1.54, 1.807) is 41.9 Å². The molecular weight excluding hydrogens is 533 g/mol. The average molecular weight is 555 g/mol. The van der Waals surface area contributed by atoms with Gasteiger partial charge in [-0.1, -0.05) is 65.3 Å². The smallest absolute Gasteiger partial charge is 0.253 e. The monoisotopic (exact) mass is 553 g/mol. The Morgan fingerprint density at radius 3 is 2.61 bits per heavy atom. The number of thioether (sulfide) groups is 1. The van der Waals surface area contributed by atoms with Crippen LogP contribution in [0.1, 0.15) is 36.1 Å². The number of amides is 2. The molecule has 174 valence electrons. The van der Waals surface area contributed by atoms with E-state index in [0.717, 1.165) is 11.8 Å². The maximum absolute atomic E-state index is 13.9. The summed E-state index contributed by atoms with van der Waals surface area (Å²) in [6, 6.07) is 10.8. The molecule has 0 saturated carbocycles. The highest BCUT2D eigenvalue weighted by atomic mass is 79.9. The van der Waals surface area contributed by atoms with Crippen LogP contribution in [0.5, 0.6) is 0 Å². The van der Waals surface area contributed by atoms with Crippen molar-refractivity contribution >= 4 is 56.8 Å². The van der Waals surface area contributed by atoms with Gasteiger partial charge >= 0.3 is 0 Å². The van der Waals surface area contributed by atoms with Crippen molar-refractivity contribution in [1.29, 1.82) is 0 Å². The van der Waals surface area contributed by atoms with E-state index >= 15 is 0 Å². The first-order chi connectivity index (χ1) is 15.7. The Morgan fingerprint density at radius 1 is 1.21 bits per heavy atom. The zero-order valence-corrected chi connectivity index (χ0v) is 21.3. The number of halogens is 3. The van der Waals surface area contributed by atoms with Crippen LogP contribution < -0.4 is 10.6 Å². The number of carbonyl (C=O) groups excluding carboxylic acids is 2. The summed E-state index contributed by atoms with van der Waals surface area (Å²) in [6.45, 7) is 3.92. The largest absolute Gasteiger partial charge is 0.342 e. The highest BCUT2D eigenvalue weighted by molar-refractivity contribution is 9.10. The SMILES string of the molecule is CC(C)[C@@H](NC(=O)c1ccccc1Cl)c1nnc(SCC(=O)Nc2ccc(Br)cc2F)n1C. The normalized spacial score (nSPS) is 12.0. The second-order valence-electron chi connectivity index (χ2n) is 7.54. The van der Waals surface area contributed by atoms with E-state index in [4.69, 9.17) is 11.6 Å². The Hall–Kier alpha value is -2.43. The van der Waals surface area contributed by atoms with Crippen molar-refractivity contribution < 1.29 is 14.0 Å². The van der Waals surface area contributed by atoms with Crippen molar-refractivity contribution in [2.24, 2.45) is 13.0 Å². The predicted molar refractivity (Wildman–Crippen MR) is 131 cm³/mol. The molecule has 33 heavy (non-hydrogen) atoms. The lowest BCUT2D eigenvalue weighted by molar-refractivity contribution is -0.113. The van der Waals surface area contributed by atoms with Gasteiger partial charge in [0.2, 0.25) is 5.91 Å². The van der Waals surface area contributed by atoms with Crippen LogP contribution >= 0.6 is 39.3 Å². The van der Waals surface area contributed by atoms with E-state index in [9.17, 15) is 14.0 Å². The summed E-state index contributed by atoms with van der Waals surface area (Å²) in [7, 11) is 1.76. The van der Waals surface area contributed by atoms with Crippen molar-refractivity contribution in [3.63, 3.8) is 0 Å². The average Bonchev–Trinajstić information content (AvgIpc) is 3.12. The highest BCUT2D eigenvalue weighted by Gasteiger charge is 2.26. The fraction of sp³-hybridized carbons (Fsp3) is 0.273. The third-order valence-corrected chi connectivity index (χ3v) is 6.60. The van der Waals surface area contributed by atoms with E-state index in [-0.39, 0.29) is 29.2 Å². The van der Waals surface area contributed by atoms with Gasteiger partial charge in [-0.05, 0) is 36.2 Å². The van der Waals surface area contributed by atoms with Crippen LogP contribution in [0.25, 0.3) is 0 Å². The minimum absolute atomic E-state index is 0.0137. The number of aromatic nitrogens is 3. The predicted octanol–water partition coefficient (Wildman–Crippen LogP) is 5.23. The Morgan fingerprint density at radius 2 is 1.94 bits per heavy atom. The number of hydrogen-bond acceptors (Lipinski definition) is 5. The second kappa shape index (κ2) is 11.1. The zero-order valence-electron chi connectivity index (χ0n) is 18.1. The maximum atomic E-state index is 13.9. The van der Waals surface area contributed by atoms with Crippen LogP contribution in [0.2, 0.25) is 5.02 Å². The maximum Gasteiger partial charge on any atom is 0.253 e. The van der Waals surface area contributed by atoms with Gasteiger partial charge in [0.05, 0.1) is 28.1 Å². The molecule has 0 radical (unpaired) electrons. The van der Waals surface area contributed by atoms with Gasteiger partial charge in [-0.2, -0.15) is 0 Å². The molecule has 0 bridgehead atoms. The van der Waals surface area contributed by atoms with E-state index in [0.29, 0.717) is 26.0 Å². The van der Waals surface area contributed by atoms with Crippen LogP contribution in [-0.4, -0.2) is 32.3 Å². The number of rotatable bonds is 8. The third-order valence-electron chi connectivity index (χ3n) is 4.76. The van der Waals surface area contributed by atoms with Gasteiger partial charge in [-0.25, -0.2) is 4.39 Å². The summed E-state index contributed by atoms with van der Waals surface area (Å²) in [5, 5.41) is 14.8. The molecule has 2 amide bonds. The van der Waals surface area contributed by atoms with Gasteiger partial charge in [0, 0.05) is 11.5 Å². The summed E-state index contributed by atoms with van der Waals surface area (Å²) in [4.78, 5) is 25.0. The van der Waals surface area contributed by atoms with Crippen LogP contribution in [0, 0.1) is 11.7 Å². The Bertz CT molecular complexity index is 1170. The van der Waals surface area contributed by atoms with Crippen molar-refractivity contribution in [3.8, 4) is 0 Å². The molecule has 2 N–H and O–H groups in total. The van der Waals surface area contributed by atoms with Gasteiger partial charge in [0.25, 0.3) is 5.91 Å². The van der Waals surface area contributed by atoms with Gasteiger partial charge in [-0.15, -0.1) is 10.2 Å². The van der Waals surface area contributed by atoms with Crippen molar-refractivity contribution in [2.45, 2.75) is 25.0 Å². The van der Waals surface area contributed by atoms with Crippen LogP contribution in [0.4, 0.5) is 10.1 Å². The summed E-state index contributed by atoms with van der Waals surface area (Å²) in [6.07, 6.45) is 0. The molecule has 3 rings (SSSR count). The Kier molecular flexibility index (Phi) is 8.50. The summed E-state index contributed by atoms with van der Waals surface area (Å²) in [5.41, 5.74) is 0.475. The van der Waals surface area contributed by atoms with Crippen LogP contribution in [0.3, 0.4) is 0 Å². The first kappa shape index (κ1) is 25.2. The van der Waals surface area contributed by atoms with Crippen molar-refractivity contribution in [3.05, 3.63) is 69.2 Å². The molecule has 3 aromatic rings. The topological polar surface area (TPSA) is 88.9 Å². The molecule has 2 aromatic carbocycles. The molecule has 0 aliphatic carbocycles. The molecule has 1 heterocycles. The van der Waals surface area contributed by atoms with E-state index in [1.807, 2.05) is 13.8 Å². The number of anilines is 1. The number of benzene rings is 2. The van der Waals surface area contributed by atoms with Crippen LogP contribution in [-0.2, 0) is 11.8 Å². The minimum atomic E-state index is -0.530. The van der Waals surface area contributed by atoms with E-state index < -0.39 is 11.9 Å². The summed E-state index contributed by atoms with van der Waals surface area (Å²) in [5.74, 6) is -0.642. The fourth-order valence-corrected chi connectivity index (χ4v) is 4.30. The van der Waals surface area contributed by atoms with Gasteiger partial charge < -0.3 is 15.2 Å². The molecule has 7 nitrogen and oxygen atoms in total. The Labute approximate surface area is 208 Å². The molecule has 0 aliphatic rings. The van der Waals surface area contributed by atoms with Gasteiger partial charge in [0.15, 0.2) is 11.0 Å². The third kappa shape index (κ3) is 6.33. The molecular formula is C22H22BrClFN5O2S. The first-order valence-electron chi connectivity index (χ1n) is 9.99. The number of nitrogens with one attached hydrogen (secondary N) is 2. The minimum Gasteiger partial charge on any atom is -0.342 e. The number of carbonyl (C=O) groups is 2. The van der Waals surface area contributed by atoms with Crippen molar-refractivity contribution in [1.82, 2.24) is 20.1 Å². The number of nitrogens with zero attached hydrogens (tertiary/aromatic N) is 3. The van der Waals surface area contributed by atoms with E-state index in [1.165, 1.54) is 12.1 Å². The molecule has 0 fully saturated rings.